The molecule has 1 fully saturated rings. The summed E-state index contributed by atoms with van der Waals surface area (Å²) in [6, 6.07) is 2.23. The molecule has 1 aromatic rings. The maximum atomic E-state index is 5.89. The molecule has 0 spiro atoms. The smallest absolute Gasteiger partial charge is 0.118 e. The molecule has 0 aromatic carbocycles. The fourth-order valence-electron chi connectivity index (χ4n) is 2.81. The standard InChI is InChI=1S/C17H31N3O/c1-14(2)11-18-12-17-10-16(15(3)21-17)13-20-7-5-6-19(4)8-9-20/h10,14,18H,5-9,11-13H2,1-4H3. The molecule has 1 aliphatic rings. The fourth-order valence-corrected chi connectivity index (χ4v) is 2.81. The molecule has 0 atom stereocenters. The first-order valence-electron chi connectivity index (χ1n) is 8.24. The van der Waals surface area contributed by atoms with E-state index in [0.717, 1.165) is 37.7 Å². The molecule has 0 radical (unpaired) electrons. The van der Waals surface area contributed by atoms with Crippen molar-refractivity contribution in [3.8, 4) is 0 Å². The summed E-state index contributed by atoms with van der Waals surface area (Å²) in [4.78, 5) is 4.97. The molecule has 0 saturated carbocycles. The van der Waals surface area contributed by atoms with Crippen LogP contribution in [0.25, 0.3) is 0 Å². The second-order valence-electron chi connectivity index (χ2n) is 6.75. The molecule has 0 aliphatic carbocycles. The molecular weight excluding hydrogens is 262 g/mol. The first kappa shape index (κ1) is 16.5. The maximum absolute atomic E-state index is 5.89. The molecule has 4 nitrogen and oxygen atoms in total. The van der Waals surface area contributed by atoms with Crippen molar-refractivity contribution in [1.29, 1.82) is 0 Å². The first-order valence-corrected chi connectivity index (χ1v) is 8.24. The van der Waals surface area contributed by atoms with Gasteiger partial charge in [0.2, 0.25) is 0 Å². The Morgan fingerprint density at radius 2 is 2.05 bits per heavy atom. The quantitative estimate of drug-likeness (QED) is 0.873. The predicted molar refractivity (Wildman–Crippen MR) is 87.4 cm³/mol. The second kappa shape index (κ2) is 7.97. The molecule has 2 rings (SSSR count). The molecule has 120 valence electrons. The summed E-state index contributed by atoms with van der Waals surface area (Å²) in [7, 11) is 2.21. The van der Waals surface area contributed by atoms with E-state index in [-0.39, 0.29) is 0 Å². The Kier molecular flexibility index (Phi) is 6.27. The van der Waals surface area contributed by atoms with E-state index in [1.54, 1.807) is 0 Å². The van der Waals surface area contributed by atoms with Crippen molar-refractivity contribution in [2.24, 2.45) is 5.92 Å². The predicted octanol–water partition coefficient (Wildman–Crippen LogP) is 2.47. The second-order valence-corrected chi connectivity index (χ2v) is 6.75. The van der Waals surface area contributed by atoms with Crippen LogP contribution in [0, 0.1) is 12.8 Å². The van der Waals surface area contributed by atoms with Crippen LogP contribution in [-0.2, 0) is 13.1 Å². The Bertz CT molecular complexity index is 428. The Labute approximate surface area is 129 Å². The van der Waals surface area contributed by atoms with E-state index in [4.69, 9.17) is 4.42 Å². The van der Waals surface area contributed by atoms with Gasteiger partial charge in [0.05, 0.1) is 6.54 Å². The van der Waals surface area contributed by atoms with E-state index in [9.17, 15) is 0 Å². The third kappa shape index (κ3) is 5.46. The third-order valence-electron chi connectivity index (χ3n) is 4.13. The van der Waals surface area contributed by atoms with Crippen molar-refractivity contribution in [3.63, 3.8) is 0 Å². The molecule has 0 amide bonds. The van der Waals surface area contributed by atoms with Crippen LogP contribution < -0.4 is 5.32 Å². The largest absolute Gasteiger partial charge is 0.465 e. The summed E-state index contributed by atoms with van der Waals surface area (Å²) in [5.74, 6) is 2.82. The zero-order chi connectivity index (χ0) is 15.2. The first-order chi connectivity index (χ1) is 10.0. The van der Waals surface area contributed by atoms with Gasteiger partial charge in [-0.1, -0.05) is 13.8 Å². The lowest BCUT2D eigenvalue weighted by atomic mass is 10.2. The van der Waals surface area contributed by atoms with E-state index < -0.39 is 0 Å². The number of likely N-dealkylation sites (N-methyl/N-ethyl adjacent to an activating group) is 1. The summed E-state index contributed by atoms with van der Waals surface area (Å²) >= 11 is 0. The minimum atomic E-state index is 0.676. The highest BCUT2D eigenvalue weighted by Crippen LogP contribution is 2.17. The van der Waals surface area contributed by atoms with Crippen LogP contribution in [0.2, 0.25) is 0 Å². The molecule has 1 saturated heterocycles. The molecule has 1 aliphatic heterocycles. The number of nitrogens with zero attached hydrogens (tertiary/aromatic N) is 2. The highest BCUT2D eigenvalue weighted by atomic mass is 16.3. The third-order valence-corrected chi connectivity index (χ3v) is 4.13. The Balaban J connectivity index is 1.86. The van der Waals surface area contributed by atoms with Crippen molar-refractivity contribution >= 4 is 0 Å². The summed E-state index contributed by atoms with van der Waals surface area (Å²) in [6.07, 6.45) is 1.26. The molecular formula is C17H31N3O. The van der Waals surface area contributed by atoms with Gasteiger partial charge in [-0.25, -0.2) is 0 Å². The summed E-state index contributed by atoms with van der Waals surface area (Å²) in [5, 5.41) is 3.45. The average Bonchev–Trinajstić information content (AvgIpc) is 2.62. The van der Waals surface area contributed by atoms with E-state index in [1.807, 2.05) is 0 Å². The van der Waals surface area contributed by atoms with Gasteiger partial charge in [-0.05, 0) is 52.0 Å². The highest BCUT2D eigenvalue weighted by Gasteiger charge is 2.15. The van der Waals surface area contributed by atoms with E-state index in [2.05, 4.69) is 49.0 Å². The van der Waals surface area contributed by atoms with Crippen molar-refractivity contribution in [1.82, 2.24) is 15.1 Å². The molecule has 2 heterocycles. The minimum Gasteiger partial charge on any atom is -0.465 e. The van der Waals surface area contributed by atoms with Crippen LogP contribution in [0.15, 0.2) is 10.5 Å². The molecule has 21 heavy (non-hydrogen) atoms. The van der Waals surface area contributed by atoms with Gasteiger partial charge in [0.15, 0.2) is 0 Å². The number of nitrogens with one attached hydrogen (secondary N) is 1. The Hall–Kier alpha value is -0.840. The monoisotopic (exact) mass is 293 g/mol. The zero-order valence-electron chi connectivity index (χ0n) is 14.1. The lowest BCUT2D eigenvalue weighted by Gasteiger charge is -2.19. The van der Waals surface area contributed by atoms with Crippen LogP contribution in [0.4, 0.5) is 0 Å². The summed E-state index contributed by atoms with van der Waals surface area (Å²) in [5.41, 5.74) is 1.35. The SMILES string of the molecule is Cc1oc(CNCC(C)C)cc1CN1CCCN(C)CC1. The van der Waals surface area contributed by atoms with Crippen molar-refractivity contribution < 1.29 is 4.42 Å². The molecule has 0 bridgehead atoms. The number of furan rings is 1. The molecule has 1 N–H and O–H groups in total. The van der Waals surface area contributed by atoms with Crippen LogP contribution in [0.3, 0.4) is 0 Å². The molecule has 4 heteroatoms. The average molecular weight is 293 g/mol. The fraction of sp³-hybridized carbons (Fsp3) is 0.765. The Morgan fingerprint density at radius 3 is 2.81 bits per heavy atom. The zero-order valence-corrected chi connectivity index (χ0v) is 14.1. The van der Waals surface area contributed by atoms with E-state index in [0.29, 0.717) is 5.92 Å². The molecule has 1 aromatic heterocycles. The topological polar surface area (TPSA) is 31.7 Å². The number of aryl methyl sites for hydroxylation is 1. The number of hydrogen-bond donors (Lipinski definition) is 1. The van der Waals surface area contributed by atoms with Gasteiger partial charge in [-0.3, -0.25) is 4.90 Å². The summed E-state index contributed by atoms with van der Waals surface area (Å²) < 4.78 is 5.89. The van der Waals surface area contributed by atoms with Crippen LogP contribution in [0.5, 0.6) is 0 Å². The van der Waals surface area contributed by atoms with Gasteiger partial charge in [0.25, 0.3) is 0 Å². The number of hydrogen-bond acceptors (Lipinski definition) is 4. The van der Waals surface area contributed by atoms with Crippen molar-refractivity contribution in [3.05, 3.63) is 23.2 Å². The van der Waals surface area contributed by atoms with Crippen molar-refractivity contribution in [2.45, 2.75) is 40.3 Å². The lowest BCUT2D eigenvalue weighted by Crippen LogP contribution is -2.28. The van der Waals surface area contributed by atoms with Gasteiger partial charge in [0.1, 0.15) is 11.5 Å². The van der Waals surface area contributed by atoms with Crippen LogP contribution in [-0.4, -0.2) is 49.6 Å². The molecule has 0 unspecified atom stereocenters. The summed E-state index contributed by atoms with van der Waals surface area (Å²) in [6.45, 7) is 14.2. The van der Waals surface area contributed by atoms with E-state index in [1.165, 1.54) is 31.6 Å². The number of rotatable bonds is 6. The highest BCUT2D eigenvalue weighted by molar-refractivity contribution is 5.20. The van der Waals surface area contributed by atoms with Crippen molar-refractivity contribution in [2.75, 3.05) is 39.8 Å². The van der Waals surface area contributed by atoms with E-state index >= 15 is 0 Å². The minimum absolute atomic E-state index is 0.676. The van der Waals surface area contributed by atoms with Gasteiger partial charge in [-0.15, -0.1) is 0 Å². The lowest BCUT2D eigenvalue weighted by molar-refractivity contribution is 0.267. The van der Waals surface area contributed by atoms with Crippen LogP contribution in [0.1, 0.15) is 37.4 Å². The normalized spacial score (nSPS) is 18.3. The van der Waals surface area contributed by atoms with Gasteiger partial charge >= 0.3 is 0 Å². The maximum Gasteiger partial charge on any atom is 0.118 e. The van der Waals surface area contributed by atoms with Gasteiger partial charge in [0, 0.05) is 25.2 Å². The van der Waals surface area contributed by atoms with Gasteiger partial charge < -0.3 is 14.6 Å². The van der Waals surface area contributed by atoms with Gasteiger partial charge in [-0.2, -0.15) is 0 Å². The Morgan fingerprint density at radius 1 is 1.24 bits per heavy atom. The van der Waals surface area contributed by atoms with Crippen LogP contribution >= 0.6 is 0 Å².